The Morgan fingerprint density at radius 3 is 2.52 bits per heavy atom. The van der Waals surface area contributed by atoms with Crippen molar-refractivity contribution in [1.29, 1.82) is 0 Å². The number of pyridine rings is 1. The van der Waals surface area contributed by atoms with E-state index in [1.54, 1.807) is 41.1 Å². The standard InChI is InChI=1S/C19H22N2O4/c1-15(22)16-7-9-17(10-8-16)25-14-18(23)20-11-3-5-13-21-12-4-2-6-19(21)24/h2,4,6-10,12H,3,5,11,13-14H2,1H3,(H,20,23). The van der Waals surface area contributed by atoms with Gasteiger partial charge in [0, 0.05) is 30.9 Å². The number of nitrogens with zero attached hydrogens (tertiary/aromatic N) is 1. The number of ether oxygens (including phenoxy) is 1. The number of benzene rings is 1. The molecule has 1 N–H and O–H groups in total. The topological polar surface area (TPSA) is 77.4 Å². The molecule has 1 aromatic carbocycles. The summed E-state index contributed by atoms with van der Waals surface area (Å²) in [5.41, 5.74) is 0.588. The van der Waals surface area contributed by atoms with E-state index in [0.29, 0.717) is 24.4 Å². The Kier molecular flexibility index (Phi) is 6.95. The monoisotopic (exact) mass is 342 g/mol. The Hall–Kier alpha value is -2.89. The Bertz CT molecular complexity index is 765. The highest BCUT2D eigenvalue weighted by molar-refractivity contribution is 5.94. The molecule has 0 saturated heterocycles. The van der Waals surface area contributed by atoms with Gasteiger partial charge in [-0.2, -0.15) is 0 Å². The maximum atomic E-state index is 11.7. The van der Waals surface area contributed by atoms with Crippen molar-refractivity contribution in [3.63, 3.8) is 0 Å². The van der Waals surface area contributed by atoms with Crippen LogP contribution in [-0.2, 0) is 11.3 Å². The Labute approximate surface area is 146 Å². The van der Waals surface area contributed by atoms with Gasteiger partial charge in [-0.25, -0.2) is 0 Å². The molecule has 0 saturated carbocycles. The van der Waals surface area contributed by atoms with Gasteiger partial charge in [0.05, 0.1) is 0 Å². The Morgan fingerprint density at radius 2 is 1.84 bits per heavy atom. The molecule has 6 nitrogen and oxygen atoms in total. The quantitative estimate of drug-likeness (QED) is 0.559. The molecule has 132 valence electrons. The average molecular weight is 342 g/mol. The molecule has 0 spiro atoms. The van der Waals surface area contributed by atoms with E-state index in [0.717, 1.165) is 12.8 Å². The summed E-state index contributed by atoms with van der Waals surface area (Å²) >= 11 is 0. The van der Waals surface area contributed by atoms with Crippen LogP contribution in [0.15, 0.2) is 53.5 Å². The molecular weight excluding hydrogens is 320 g/mol. The van der Waals surface area contributed by atoms with Gasteiger partial charge in [-0.3, -0.25) is 14.4 Å². The van der Waals surface area contributed by atoms with Crippen molar-refractivity contribution in [2.45, 2.75) is 26.3 Å². The zero-order chi connectivity index (χ0) is 18.1. The average Bonchev–Trinajstić information content (AvgIpc) is 2.61. The van der Waals surface area contributed by atoms with Gasteiger partial charge in [-0.1, -0.05) is 6.07 Å². The lowest BCUT2D eigenvalue weighted by molar-refractivity contribution is -0.123. The first-order valence-corrected chi connectivity index (χ1v) is 8.22. The van der Waals surface area contributed by atoms with Gasteiger partial charge in [0.1, 0.15) is 5.75 Å². The third-order valence-electron chi connectivity index (χ3n) is 3.68. The normalized spacial score (nSPS) is 10.3. The number of carbonyl (C=O) groups is 2. The lowest BCUT2D eigenvalue weighted by Crippen LogP contribution is -2.30. The number of aryl methyl sites for hydroxylation is 1. The van der Waals surface area contributed by atoms with Crippen LogP contribution in [0.25, 0.3) is 0 Å². The van der Waals surface area contributed by atoms with Crippen molar-refractivity contribution < 1.29 is 14.3 Å². The predicted octanol–water partition coefficient (Wildman–Crippen LogP) is 2.03. The van der Waals surface area contributed by atoms with Crippen LogP contribution in [0.2, 0.25) is 0 Å². The summed E-state index contributed by atoms with van der Waals surface area (Å²) in [6.45, 7) is 2.59. The minimum absolute atomic E-state index is 0.0120. The number of amides is 1. The van der Waals surface area contributed by atoms with Gasteiger partial charge in [0.15, 0.2) is 12.4 Å². The van der Waals surface area contributed by atoms with E-state index in [-0.39, 0.29) is 23.9 Å². The SMILES string of the molecule is CC(=O)c1ccc(OCC(=O)NCCCCn2ccccc2=O)cc1. The third-order valence-corrected chi connectivity index (χ3v) is 3.68. The molecule has 2 aromatic rings. The number of nitrogens with one attached hydrogen (secondary N) is 1. The first-order valence-electron chi connectivity index (χ1n) is 8.22. The first-order chi connectivity index (χ1) is 12.1. The summed E-state index contributed by atoms with van der Waals surface area (Å²) in [4.78, 5) is 34.4. The third kappa shape index (κ3) is 6.25. The van der Waals surface area contributed by atoms with Crippen LogP contribution in [0.3, 0.4) is 0 Å². The number of ketones is 1. The molecule has 0 aliphatic heterocycles. The zero-order valence-electron chi connectivity index (χ0n) is 14.2. The van der Waals surface area contributed by atoms with E-state index in [4.69, 9.17) is 4.74 Å². The highest BCUT2D eigenvalue weighted by Crippen LogP contribution is 2.12. The highest BCUT2D eigenvalue weighted by atomic mass is 16.5. The Balaban J connectivity index is 1.61. The maximum Gasteiger partial charge on any atom is 0.257 e. The predicted molar refractivity (Wildman–Crippen MR) is 94.9 cm³/mol. The van der Waals surface area contributed by atoms with Crippen LogP contribution in [0.1, 0.15) is 30.1 Å². The first kappa shape index (κ1) is 18.4. The zero-order valence-corrected chi connectivity index (χ0v) is 14.2. The summed E-state index contributed by atoms with van der Waals surface area (Å²) in [7, 11) is 0. The molecule has 0 bridgehead atoms. The molecule has 0 fully saturated rings. The number of hydrogen-bond acceptors (Lipinski definition) is 4. The molecule has 2 rings (SSSR count). The highest BCUT2D eigenvalue weighted by Gasteiger charge is 2.04. The van der Waals surface area contributed by atoms with E-state index in [2.05, 4.69) is 5.32 Å². The molecule has 0 aliphatic rings. The van der Waals surface area contributed by atoms with Crippen LogP contribution in [-0.4, -0.2) is 29.4 Å². The summed E-state index contributed by atoms with van der Waals surface area (Å²) in [6.07, 6.45) is 3.34. The molecule has 1 aromatic heterocycles. The van der Waals surface area contributed by atoms with E-state index < -0.39 is 0 Å². The molecule has 1 heterocycles. The van der Waals surface area contributed by atoms with Gasteiger partial charge in [-0.15, -0.1) is 0 Å². The molecule has 0 aliphatic carbocycles. The van der Waals surface area contributed by atoms with Crippen molar-refractivity contribution in [2.24, 2.45) is 0 Å². The molecular formula is C19H22N2O4. The van der Waals surface area contributed by atoms with Crippen molar-refractivity contribution in [1.82, 2.24) is 9.88 Å². The molecule has 1 amide bonds. The van der Waals surface area contributed by atoms with Crippen molar-refractivity contribution >= 4 is 11.7 Å². The van der Waals surface area contributed by atoms with E-state index in [9.17, 15) is 14.4 Å². The number of aromatic nitrogens is 1. The summed E-state index contributed by atoms with van der Waals surface area (Å²) < 4.78 is 7.02. The second-order valence-corrected chi connectivity index (χ2v) is 5.66. The van der Waals surface area contributed by atoms with Crippen LogP contribution in [0, 0.1) is 0 Å². The van der Waals surface area contributed by atoms with E-state index in [1.165, 1.54) is 13.0 Å². The van der Waals surface area contributed by atoms with Crippen molar-refractivity contribution in [3.05, 3.63) is 64.6 Å². The minimum Gasteiger partial charge on any atom is -0.484 e. The van der Waals surface area contributed by atoms with E-state index >= 15 is 0 Å². The fourth-order valence-corrected chi connectivity index (χ4v) is 2.27. The fraction of sp³-hybridized carbons (Fsp3) is 0.316. The number of carbonyl (C=O) groups excluding carboxylic acids is 2. The maximum absolute atomic E-state index is 11.7. The second-order valence-electron chi connectivity index (χ2n) is 5.66. The number of hydrogen-bond donors (Lipinski definition) is 1. The number of Topliss-reactive ketones (excluding diaryl/α,β-unsaturated/α-hetero) is 1. The van der Waals surface area contributed by atoms with Gasteiger partial charge in [-0.05, 0) is 50.1 Å². The van der Waals surface area contributed by atoms with Gasteiger partial charge in [0.25, 0.3) is 5.91 Å². The number of rotatable bonds is 9. The van der Waals surface area contributed by atoms with Crippen LogP contribution >= 0.6 is 0 Å². The lowest BCUT2D eigenvalue weighted by atomic mass is 10.1. The van der Waals surface area contributed by atoms with Gasteiger partial charge < -0.3 is 14.6 Å². The lowest BCUT2D eigenvalue weighted by Gasteiger charge is -2.08. The summed E-state index contributed by atoms with van der Waals surface area (Å²) in [6, 6.07) is 11.7. The minimum atomic E-state index is -0.201. The Morgan fingerprint density at radius 1 is 1.08 bits per heavy atom. The van der Waals surface area contributed by atoms with Crippen LogP contribution in [0.4, 0.5) is 0 Å². The van der Waals surface area contributed by atoms with Crippen LogP contribution < -0.4 is 15.6 Å². The summed E-state index contributed by atoms with van der Waals surface area (Å²) in [5, 5.41) is 2.78. The van der Waals surface area contributed by atoms with Gasteiger partial charge in [0.2, 0.25) is 5.56 Å². The van der Waals surface area contributed by atoms with Gasteiger partial charge >= 0.3 is 0 Å². The van der Waals surface area contributed by atoms with E-state index in [1.807, 2.05) is 6.07 Å². The van der Waals surface area contributed by atoms with Crippen LogP contribution in [0.5, 0.6) is 5.75 Å². The summed E-state index contributed by atoms with van der Waals surface area (Å²) in [5.74, 6) is 0.332. The van der Waals surface area contributed by atoms with Crippen molar-refractivity contribution in [2.75, 3.05) is 13.2 Å². The second kappa shape index (κ2) is 9.42. The fourth-order valence-electron chi connectivity index (χ4n) is 2.27. The smallest absolute Gasteiger partial charge is 0.257 e. The molecule has 0 atom stereocenters. The number of unbranched alkanes of at least 4 members (excludes halogenated alkanes) is 1. The molecule has 0 radical (unpaired) electrons. The van der Waals surface area contributed by atoms with Crippen molar-refractivity contribution in [3.8, 4) is 5.75 Å². The molecule has 0 unspecified atom stereocenters. The molecule has 6 heteroatoms. The molecule has 25 heavy (non-hydrogen) atoms. The largest absolute Gasteiger partial charge is 0.484 e.